The Morgan fingerprint density at radius 2 is 1.96 bits per heavy atom. The minimum absolute atomic E-state index is 0.0620. The van der Waals surface area contributed by atoms with Crippen LogP contribution in [0.25, 0.3) is 0 Å². The van der Waals surface area contributed by atoms with Crippen molar-refractivity contribution in [2.24, 2.45) is 0 Å². The molecule has 0 bridgehead atoms. The third-order valence-corrected chi connectivity index (χ3v) is 5.40. The van der Waals surface area contributed by atoms with Crippen molar-refractivity contribution in [1.29, 1.82) is 0 Å². The lowest BCUT2D eigenvalue weighted by Crippen LogP contribution is -2.39. The van der Waals surface area contributed by atoms with Crippen LogP contribution in [-0.4, -0.2) is 56.1 Å². The Hall–Kier alpha value is -2.34. The summed E-state index contributed by atoms with van der Waals surface area (Å²) in [6, 6.07) is 7.81. The molecular formula is C22H31N3O3. The number of morpholine rings is 1. The third kappa shape index (κ3) is 5.83. The molecule has 6 heteroatoms. The number of nitrogens with one attached hydrogen (secondary N) is 1. The van der Waals surface area contributed by atoms with E-state index >= 15 is 0 Å². The van der Waals surface area contributed by atoms with Crippen LogP contribution in [0, 0.1) is 0 Å². The summed E-state index contributed by atoms with van der Waals surface area (Å²) in [6.07, 6.45) is 7.88. The minimum Gasteiger partial charge on any atom is -0.378 e. The zero-order valence-electron chi connectivity index (χ0n) is 16.8. The predicted octanol–water partition coefficient (Wildman–Crippen LogP) is 3.20. The maximum atomic E-state index is 12.7. The Balaban J connectivity index is 1.58. The van der Waals surface area contributed by atoms with Gasteiger partial charge in [0.25, 0.3) is 0 Å². The van der Waals surface area contributed by atoms with Gasteiger partial charge in [-0.1, -0.05) is 23.8 Å². The Kier molecular flexibility index (Phi) is 7.48. The first kappa shape index (κ1) is 20.4. The van der Waals surface area contributed by atoms with Gasteiger partial charge in [-0.25, -0.2) is 0 Å². The fourth-order valence-corrected chi connectivity index (χ4v) is 3.78. The second-order valence-corrected chi connectivity index (χ2v) is 7.46. The first-order valence-corrected chi connectivity index (χ1v) is 10.3. The van der Waals surface area contributed by atoms with Crippen molar-refractivity contribution in [2.45, 2.75) is 39.0 Å². The molecule has 0 aromatic heterocycles. The van der Waals surface area contributed by atoms with Crippen LogP contribution in [0.1, 0.15) is 39.0 Å². The van der Waals surface area contributed by atoms with Crippen LogP contribution in [-0.2, 0) is 14.3 Å². The summed E-state index contributed by atoms with van der Waals surface area (Å²) in [5, 5.41) is 3.00. The number of anilines is 2. The molecule has 1 aromatic carbocycles. The van der Waals surface area contributed by atoms with Gasteiger partial charge in [0.05, 0.1) is 31.1 Å². The number of benzene rings is 1. The molecule has 28 heavy (non-hydrogen) atoms. The molecule has 0 unspecified atom stereocenters. The molecule has 1 aromatic rings. The molecule has 1 heterocycles. The fourth-order valence-electron chi connectivity index (χ4n) is 3.78. The van der Waals surface area contributed by atoms with Gasteiger partial charge in [-0.05, 0) is 44.2 Å². The molecule has 6 nitrogen and oxygen atoms in total. The molecule has 0 atom stereocenters. The highest BCUT2D eigenvalue weighted by atomic mass is 16.5. The van der Waals surface area contributed by atoms with Crippen molar-refractivity contribution >= 4 is 23.2 Å². The average Bonchev–Trinajstić information content (AvgIpc) is 2.72. The first-order chi connectivity index (χ1) is 13.6. The summed E-state index contributed by atoms with van der Waals surface area (Å²) in [4.78, 5) is 28.5. The van der Waals surface area contributed by atoms with E-state index in [-0.39, 0.29) is 18.4 Å². The summed E-state index contributed by atoms with van der Waals surface area (Å²) < 4.78 is 5.42. The van der Waals surface area contributed by atoms with Crippen LogP contribution in [0.3, 0.4) is 0 Å². The van der Waals surface area contributed by atoms with Gasteiger partial charge in [-0.2, -0.15) is 0 Å². The van der Waals surface area contributed by atoms with Gasteiger partial charge in [-0.15, -0.1) is 0 Å². The lowest BCUT2D eigenvalue weighted by atomic mass is 9.97. The number of hydrogen-bond donors (Lipinski definition) is 1. The molecule has 3 rings (SSSR count). The number of para-hydroxylation sites is 2. The number of ether oxygens (including phenoxy) is 1. The van der Waals surface area contributed by atoms with Gasteiger partial charge in [0.15, 0.2) is 0 Å². The maximum absolute atomic E-state index is 12.7. The van der Waals surface area contributed by atoms with Gasteiger partial charge < -0.3 is 19.9 Å². The van der Waals surface area contributed by atoms with E-state index in [1.165, 1.54) is 25.3 Å². The Bertz CT molecular complexity index is 711. The van der Waals surface area contributed by atoms with Crippen molar-refractivity contribution in [3.63, 3.8) is 0 Å². The average molecular weight is 386 g/mol. The predicted molar refractivity (Wildman–Crippen MR) is 112 cm³/mol. The third-order valence-electron chi connectivity index (χ3n) is 5.40. The van der Waals surface area contributed by atoms with Gasteiger partial charge >= 0.3 is 0 Å². The normalized spacial score (nSPS) is 17.0. The van der Waals surface area contributed by atoms with Crippen molar-refractivity contribution < 1.29 is 14.3 Å². The summed E-state index contributed by atoms with van der Waals surface area (Å²) in [5.74, 6) is -0.221. The van der Waals surface area contributed by atoms with Gasteiger partial charge in [0, 0.05) is 26.6 Å². The highest BCUT2D eigenvalue weighted by molar-refractivity contribution is 5.97. The number of carbonyl (C=O) groups is 2. The Morgan fingerprint density at radius 1 is 1.18 bits per heavy atom. The van der Waals surface area contributed by atoms with E-state index in [9.17, 15) is 9.59 Å². The van der Waals surface area contributed by atoms with E-state index in [2.05, 4.69) is 16.3 Å². The van der Waals surface area contributed by atoms with Crippen molar-refractivity contribution in [2.75, 3.05) is 49.6 Å². The number of rotatable bonds is 7. The SMILES string of the molecule is CC(=O)N(CCC1=CCCCC1)CC(=O)Nc1ccccc1N1CCOCC1. The number of hydrogen-bond acceptors (Lipinski definition) is 4. The second-order valence-electron chi connectivity index (χ2n) is 7.46. The smallest absolute Gasteiger partial charge is 0.244 e. The molecule has 0 radical (unpaired) electrons. The van der Waals surface area contributed by atoms with Crippen LogP contribution in [0.2, 0.25) is 0 Å². The first-order valence-electron chi connectivity index (χ1n) is 10.3. The molecule has 2 amide bonds. The van der Waals surface area contributed by atoms with Gasteiger partial charge in [0.1, 0.15) is 0 Å². The number of amides is 2. The van der Waals surface area contributed by atoms with Crippen LogP contribution < -0.4 is 10.2 Å². The summed E-state index contributed by atoms with van der Waals surface area (Å²) in [7, 11) is 0. The van der Waals surface area contributed by atoms with E-state index in [4.69, 9.17) is 4.74 Å². The van der Waals surface area contributed by atoms with E-state index in [1.807, 2.05) is 24.3 Å². The molecule has 1 N–H and O–H groups in total. The Morgan fingerprint density at radius 3 is 2.68 bits per heavy atom. The minimum atomic E-state index is -0.159. The van der Waals surface area contributed by atoms with E-state index in [0.29, 0.717) is 19.8 Å². The van der Waals surface area contributed by atoms with E-state index in [1.54, 1.807) is 4.90 Å². The van der Waals surface area contributed by atoms with Crippen molar-refractivity contribution in [1.82, 2.24) is 4.90 Å². The largest absolute Gasteiger partial charge is 0.378 e. The lowest BCUT2D eigenvalue weighted by Gasteiger charge is -2.30. The van der Waals surface area contributed by atoms with Crippen LogP contribution in [0.15, 0.2) is 35.9 Å². The van der Waals surface area contributed by atoms with Crippen LogP contribution >= 0.6 is 0 Å². The standard InChI is InChI=1S/C22H31N3O3/c1-18(26)25(12-11-19-7-3-2-4-8-19)17-22(27)23-20-9-5-6-10-21(20)24-13-15-28-16-14-24/h5-7,9-10H,2-4,8,11-17H2,1H3,(H,23,27). The molecule has 1 aliphatic carbocycles. The van der Waals surface area contributed by atoms with Gasteiger partial charge in [0.2, 0.25) is 11.8 Å². The fraction of sp³-hybridized carbons (Fsp3) is 0.545. The van der Waals surface area contributed by atoms with Crippen molar-refractivity contribution in [3.8, 4) is 0 Å². The van der Waals surface area contributed by atoms with Crippen LogP contribution in [0.4, 0.5) is 11.4 Å². The highest BCUT2D eigenvalue weighted by Crippen LogP contribution is 2.26. The number of nitrogens with zero attached hydrogens (tertiary/aromatic N) is 2. The molecule has 0 spiro atoms. The Labute approximate surface area is 167 Å². The molecule has 1 aliphatic heterocycles. The second kappa shape index (κ2) is 10.3. The van der Waals surface area contributed by atoms with Gasteiger partial charge in [-0.3, -0.25) is 9.59 Å². The summed E-state index contributed by atoms with van der Waals surface area (Å²) in [6.45, 7) is 5.21. The monoisotopic (exact) mass is 385 g/mol. The van der Waals surface area contributed by atoms with Crippen LogP contribution in [0.5, 0.6) is 0 Å². The lowest BCUT2D eigenvalue weighted by molar-refractivity contribution is -0.132. The topological polar surface area (TPSA) is 61.9 Å². The molecule has 1 fully saturated rings. The number of allylic oxidation sites excluding steroid dienone is 1. The van der Waals surface area contributed by atoms with E-state index < -0.39 is 0 Å². The quantitative estimate of drug-likeness (QED) is 0.732. The molecule has 152 valence electrons. The zero-order valence-corrected chi connectivity index (χ0v) is 16.8. The maximum Gasteiger partial charge on any atom is 0.244 e. The highest BCUT2D eigenvalue weighted by Gasteiger charge is 2.18. The zero-order chi connectivity index (χ0) is 19.8. The molecule has 1 saturated heterocycles. The summed E-state index contributed by atoms with van der Waals surface area (Å²) in [5.41, 5.74) is 3.20. The molecular weight excluding hydrogens is 354 g/mol. The molecule has 0 saturated carbocycles. The number of carbonyl (C=O) groups excluding carboxylic acids is 2. The molecule has 2 aliphatic rings. The van der Waals surface area contributed by atoms with E-state index in [0.717, 1.165) is 43.7 Å². The summed E-state index contributed by atoms with van der Waals surface area (Å²) >= 11 is 0. The van der Waals surface area contributed by atoms with Crippen molar-refractivity contribution in [3.05, 3.63) is 35.9 Å².